The summed E-state index contributed by atoms with van der Waals surface area (Å²) in [5.41, 5.74) is 2.99. The van der Waals surface area contributed by atoms with Gasteiger partial charge >= 0.3 is 5.97 Å². The number of aryl methyl sites for hydroxylation is 2. The number of rotatable bonds is 2. The summed E-state index contributed by atoms with van der Waals surface area (Å²) in [6.07, 6.45) is 4.52. The molecule has 2 N–H and O–H groups in total. The third-order valence-corrected chi connectivity index (χ3v) is 3.68. The van der Waals surface area contributed by atoms with Crippen LogP contribution in [-0.4, -0.2) is 21.3 Å². The van der Waals surface area contributed by atoms with Crippen LogP contribution < -0.4 is 5.56 Å². The lowest BCUT2D eigenvalue weighted by Gasteiger charge is -2.16. The molecule has 2 aromatic rings. The van der Waals surface area contributed by atoms with Crippen molar-refractivity contribution in [3.8, 4) is 11.3 Å². The van der Waals surface area contributed by atoms with Crippen molar-refractivity contribution in [2.24, 2.45) is 0 Å². The number of nitrogens with zero attached hydrogens (tertiary/aromatic N) is 1. The van der Waals surface area contributed by atoms with Crippen LogP contribution in [0.15, 0.2) is 29.1 Å². The first-order valence-corrected chi connectivity index (χ1v) is 6.60. The van der Waals surface area contributed by atoms with E-state index >= 15 is 0 Å². The highest BCUT2D eigenvalue weighted by Gasteiger charge is 2.14. The summed E-state index contributed by atoms with van der Waals surface area (Å²) in [6.45, 7) is 0. The molecule has 1 aliphatic rings. The van der Waals surface area contributed by atoms with Gasteiger partial charge in [-0.05, 0) is 48.9 Å². The molecule has 0 radical (unpaired) electrons. The SMILES string of the molecule is O=C(O)c1cc(-c2ccc3c(c2)CCCC3)n[nH]c1=O. The van der Waals surface area contributed by atoms with Crippen LogP contribution in [0.2, 0.25) is 0 Å². The topological polar surface area (TPSA) is 83.0 Å². The average molecular weight is 270 g/mol. The number of hydrogen-bond acceptors (Lipinski definition) is 3. The zero-order valence-corrected chi connectivity index (χ0v) is 10.8. The molecule has 0 aliphatic heterocycles. The molecular weight excluding hydrogens is 256 g/mol. The molecule has 1 heterocycles. The normalized spacial score (nSPS) is 13.8. The van der Waals surface area contributed by atoms with Gasteiger partial charge in [0.05, 0.1) is 5.69 Å². The van der Waals surface area contributed by atoms with E-state index in [4.69, 9.17) is 5.11 Å². The maximum Gasteiger partial charge on any atom is 0.341 e. The number of carbonyl (C=O) groups is 1. The Morgan fingerprint density at radius 1 is 1.15 bits per heavy atom. The number of hydrogen-bond donors (Lipinski definition) is 2. The van der Waals surface area contributed by atoms with E-state index < -0.39 is 11.5 Å². The first kappa shape index (κ1) is 12.6. The first-order chi connectivity index (χ1) is 9.65. The quantitative estimate of drug-likeness (QED) is 0.874. The molecule has 5 nitrogen and oxygen atoms in total. The van der Waals surface area contributed by atoms with E-state index in [1.165, 1.54) is 30.0 Å². The number of fused-ring (bicyclic) bond motifs is 1. The molecule has 0 atom stereocenters. The third-order valence-electron chi connectivity index (χ3n) is 3.68. The van der Waals surface area contributed by atoms with Crippen LogP contribution in [0.25, 0.3) is 11.3 Å². The van der Waals surface area contributed by atoms with Crippen LogP contribution in [0.4, 0.5) is 0 Å². The number of carboxylic acid groups (broad SMARTS) is 1. The van der Waals surface area contributed by atoms with Crippen LogP contribution in [0, 0.1) is 0 Å². The Bertz CT molecular complexity index is 734. The van der Waals surface area contributed by atoms with Crippen LogP contribution in [0.3, 0.4) is 0 Å². The summed E-state index contributed by atoms with van der Waals surface area (Å²) < 4.78 is 0. The van der Waals surface area contributed by atoms with E-state index in [1.807, 2.05) is 12.1 Å². The summed E-state index contributed by atoms with van der Waals surface area (Å²) >= 11 is 0. The fourth-order valence-electron chi connectivity index (χ4n) is 2.61. The minimum absolute atomic E-state index is 0.285. The molecule has 0 fully saturated rings. The van der Waals surface area contributed by atoms with E-state index in [0.717, 1.165) is 18.4 Å². The number of benzene rings is 1. The van der Waals surface area contributed by atoms with Gasteiger partial charge < -0.3 is 5.11 Å². The van der Waals surface area contributed by atoms with Crippen LogP contribution >= 0.6 is 0 Å². The predicted octanol–water partition coefficient (Wildman–Crippen LogP) is 2.01. The summed E-state index contributed by atoms with van der Waals surface area (Å²) in [5.74, 6) is -1.24. The summed E-state index contributed by atoms with van der Waals surface area (Å²) in [5, 5.41) is 15.2. The zero-order valence-electron chi connectivity index (χ0n) is 10.8. The second-order valence-electron chi connectivity index (χ2n) is 4.99. The Labute approximate surface area is 115 Å². The van der Waals surface area contributed by atoms with E-state index in [-0.39, 0.29) is 5.56 Å². The van der Waals surface area contributed by atoms with Gasteiger partial charge in [0, 0.05) is 5.56 Å². The fraction of sp³-hybridized carbons (Fsp3) is 0.267. The molecule has 1 aromatic heterocycles. The van der Waals surface area contributed by atoms with Gasteiger partial charge in [-0.15, -0.1) is 0 Å². The van der Waals surface area contributed by atoms with Gasteiger partial charge in [0.2, 0.25) is 0 Å². The summed E-state index contributed by atoms with van der Waals surface area (Å²) in [4.78, 5) is 22.4. The molecule has 0 amide bonds. The highest BCUT2D eigenvalue weighted by molar-refractivity contribution is 5.88. The van der Waals surface area contributed by atoms with Gasteiger partial charge in [0.25, 0.3) is 5.56 Å². The van der Waals surface area contributed by atoms with Crippen molar-refractivity contribution in [3.05, 3.63) is 51.3 Å². The number of nitrogens with one attached hydrogen (secondary N) is 1. The number of aromatic carboxylic acids is 1. The molecule has 0 unspecified atom stereocenters. The standard InChI is InChI=1S/C15H14N2O3/c18-14-12(15(19)20)8-13(16-17-14)11-6-5-9-3-1-2-4-10(9)7-11/h5-8H,1-4H2,(H,17,18)(H,19,20). The average Bonchev–Trinajstić information content (AvgIpc) is 2.47. The highest BCUT2D eigenvalue weighted by atomic mass is 16.4. The molecule has 102 valence electrons. The Morgan fingerprint density at radius 2 is 1.90 bits per heavy atom. The van der Waals surface area contributed by atoms with Gasteiger partial charge in [-0.25, -0.2) is 9.89 Å². The van der Waals surface area contributed by atoms with Gasteiger partial charge in [-0.3, -0.25) is 4.79 Å². The zero-order chi connectivity index (χ0) is 14.1. The van der Waals surface area contributed by atoms with Crippen molar-refractivity contribution in [2.75, 3.05) is 0 Å². The lowest BCUT2D eigenvalue weighted by atomic mass is 9.90. The van der Waals surface area contributed by atoms with Crippen molar-refractivity contribution in [1.29, 1.82) is 0 Å². The minimum Gasteiger partial charge on any atom is -0.477 e. The molecule has 0 spiro atoms. The van der Waals surface area contributed by atoms with Crippen LogP contribution in [0.5, 0.6) is 0 Å². The van der Waals surface area contributed by atoms with Gasteiger partial charge in [-0.2, -0.15) is 5.10 Å². The van der Waals surface area contributed by atoms with Gasteiger partial charge in [0.15, 0.2) is 0 Å². The Hall–Kier alpha value is -2.43. The molecule has 0 saturated carbocycles. The monoisotopic (exact) mass is 270 g/mol. The van der Waals surface area contributed by atoms with Crippen molar-refractivity contribution in [2.45, 2.75) is 25.7 Å². The van der Waals surface area contributed by atoms with Crippen molar-refractivity contribution < 1.29 is 9.90 Å². The Morgan fingerprint density at radius 3 is 2.65 bits per heavy atom. The van der Waals surface area contributed by atoms with E-state index in [1.54, 1.807) is 0 Å². The number of aromatic nitrogens is 2. The number of carboxylic acids is 1. The molecule has 20 heavy (non-hydrogen) atoms. The second kappa shape index (κ2) is 4.92. The number of aromatic amines is 1. The van der Waals surface area contributed by atoms with Crippen molar-refractivity contribution in [3.63, 3.8) is 0 Å². The summed E-state index contributed by atoms with van der Waals surface area (Å²) in [6, 6.07) is 7.36. The largest absolute Gasteiger partial charge is 0.477 e. The maximum atomic E-state index is 11.4. The first-order valence-electron chi connectivity index (χ1n) is 6.60. The predicted molar refractivity (Wildman–Crippen MR) is 73.9 cm³/mol. The molecule has 5 heteroatoms. The number of H-pyrrole nitrogens is 1. The lowest BCUT2D eigenvalue weighted by molar-refractivity contribution is 0.0694. The minimum atomic E-state index is -1.24. The van der Waals surface area contributed by atoms with Crippen LogP contribution in [0.1, 0.15) is 34.3 Å². The molecular formula is C15H14N2O3. The third kappa shape index (κ3) is 2.22. The van der Waals surface area contributed by atoms with E-state index in [2.05, 4.69) is 16.3 Å². The van der Waals surface area contributed by atoms with E-state index in [0.29, 0.717) is 5.69 Å². The Balaban J connectivity index is 2.07. The van der Waals surface area contributed by atoms with Gasteiger partial charge in [-0.1, -0.05) is 12.1 Å². The smallest absolute Gasteiger partial charge is 0.341 e. The van der Waals surface area contributed by atoms with Crippen molar-refractivity contribution in [1.82, 2.24) is 10.2 Å². The van der Waals surface area contributed by atoms with Gasteiger partial charge in [0.1, 0.15) is 5.56 Å². The molecule has 1 aromatic carbocycles. The Kier molecular flexibility index (Phi) is 3.10. The lowest BCUT2D eigenvalue weighted by Crippen LogP contribution is -2.18. The molecule has 1 aliphatic carbocycles. The second-order valence-corrected chi connectivity index (χ2v) is 4.99. The summed E-state index contributed by atoms with van der Waals surface area (Å²) in [7, 11) is 0. The molecule has 0 saturated heterocycles. The van der Waals surface area contributed by atoms with E-state index in [9.17, 15) is 9.59 Å². The fourth-order valence-corrected chi connectivity index (χ4v) is 2.61. The maximum absolute atomic E-state index is 11.4. The molecule has 0 bridgehead atoms. The molecule has 3 rings (SSSR count). The van der Waals surface area contributed by atoms with Crippen molar-refractivity contribution >= 4 is 5.97 Å². The highest BCUT2D eigenvalue weighted by Crippen LogP contribution is 2.26. The van der Waals surface area contributed by atoms with Crippen LogP contribution in [-0.2, 0) is 12.8 Å².